The predicted molar refractivity (Wildman–Crippen MR) is 74.5 cm³/mol. The highest BCUT2D eigenvalue weighted by Gasteiger charge is 2.15. The van der Waals surface area contributed by atoms with Gasteiger partial charge in [0.25, 0.3) is 5.91 Å². The smallest absolute Gasteiger partial charge is 0.255 e. The van der Waals surface area contributed by atoms with Gasteiger partial charge in [-0.05, 0) is 30.3 Å². The Morgan fingerprint density at radius 1 is 1.10 bits per heavy atom. The maximum absolute atomic E-state index is 12.2. The second-order valence-electron chi connectivity index (χ2n) is 4.56. The van der Waals surface area contributed by atoms with Gasteiger partial charge in [-0.2, -0.15) is 0 Å². The van der Waals surface area contributed by atoms with Gasteiger partial charge in [0.2, 0.25) is 6.79 Å². The van der Waals surface area contributed by atoms with E-state index in [1.54, 1.807) is 36.4 Å². The fraction of sp³-hybridized carbons (Fsp3) is 0.0667. The molecule has 1 aromatic heterocycles. The van der Waals surface area contributed by atoms with Crippen LogP contribution in [0.25, 0.3) is 11.1 Å². The second kappa shape index (κ2) is 4.52. The minimum absolute atomic E-state index is 0.204. The molecule has 0 saturated heterocycles. The number of carbonyl (C=O) groups is 1. The van der Waals surface area contributed by atoms with Crippen molar-refractivity contribution in [3.05, 3.63) is 48.4 Å². The van der Waals surface area contributed by atoms with Gasteiger partial charge in [0.05, 0.1) is 0 Å². The summed E-state index contributed by atoms with van der Waals surface area (Å²) in [7, 11) is 0. The summed E-state index contributed by atoms with van der Waals surface area (Å²) in [6.07, 6.45) is 1.35. The Bertz CT molecular complexity index is 841. The highest BCUT2D eigenvalue weighted by Crippen LogP contribution is 2.34. The Hall–Kier alpha value is -3.02. The van der Waals surface area contributed by atoms with E-state index >= 15 is 0 Å². The van der Waals surface area contributed by atoms with Gasteiger partial charge < -0.3 is 19.2 Å². The molecule has 0 radical (unpaired) electrons. The molecule has 104 valence electrons. The molecule has 1 amide bonds. The quantitative estimate of drug-likeness (QED) is 0.782. The zero-order valence-electron chi connectivity index (χ0n) is 10.8. The fourth-order valence-electron chi connectivity index (χ4n) is 2.18. The van der Waals surface area contributed by atoms with Crippen molar-refractivity contribution in [2.45, 2.75) is 0 Å². The highest BCUT2D eigenvalue weighted by molar-refractivity contribution is 6.05. The molecule has 0 saturated carbocycles. The fourth-order valence-corrected chi connectivity index (χ4v) is 2.18. The summed E-state index contributed by atoms with van der Waals surface area (Å²) in [5, 5.41) is 2.81. The molecular formula is C15H10N2O4. The molecule has 0 fully saturated rings. The Morgan fingerprint density at radius 3 is 2.95 bits per heavy atom. The van der Waals surface area contributed by atoms with Crippen LogP contribution in [0.4, 0.5) is 5.69 Å². The molecule has 0 bridgehead atoms. The number of carbonyl (C=O) groups excluding carboxylic acids is 1. The second-order valence-corrected chi connectivity index (χ2v) is 4.56. The van der Waals surface area contributed by atoms with Gasteiger partial charge in [-0.15, -0.1) is 0 Å². The van der Waals surface area contributed by atoms with Crippen molar-refractivity contribution in [1.29, 1.82) is 0 Å². The number of nitrogens with one attached hydrogen (secondary N) is 1. The molecule has 2 heterocycles. The number of aromatic nitrogens is 1. The molecule has 21 heavy (non-hydrogen) atoms. The average Bonchev–Trinajstić information content (AvgIpc) is 3.14. The molecule has 0 unspecified atom stereocenters. The summed E-state index contributed by atoms with van der Waals surface area (Å²) in [4.78, 5) is 16.3. The maximum atomic E-state index is 12.2. The van der Waals surface area contributed by atoms with E-state index in [-0.39, 0.29) is 12.7 Å². The molecule has 1 N–H and O–H groups in total. The monoisotopic (exact) mass is 282 g/mol. The van der Waals surface area contributed by atoms with E-state index in [0.29, 0.717) is 33.8 Å². The average molecular weight is 282 g/mol. The third-order valence-electron chi connectivity index (χ3n) is 3.22. The number of anilines is 1. The van der Waals surface area contributed by atoms with E-state index in [0.717, 1.165) is 0 Å². The number of oxazole rings is 1. The van der Waals surface area contributed by atoms with Gasteiger partial charge >= 0.3 is 0 Å². The zero-order chi connectivity index (χ0) is 14.2. The number of nitrogens with zero attached hydrogens (tertiary/aromatic N) is 1. The number of ether oxygens (including phenoxy) is 2. The van der Waals surface area contributed by atoms with Crippen LogP contribution in [-0.4, -0.2) is 17.7 Å². The van der Waals surface area contributed by atoms with E-state index in [2.05, 4.69) is 10.3 Å². The molecule has 0 aliphatic carbocycles. The molecular weight excluding hydrogens is 272 g/mol. The van der Waals surface area contributed by atoms with E-state index in [1.807, 2.05) is 0 Å². The van der Waals surface area contributed by atoms with Gasteiger partial charge in [0.15, 0.2) is 23.5 Å². The SMILES string of the molecule is O=C(Nc1ccc2c(c1)OCO2)c1ccc2ocnc2c1. The summed E-state index contributed by atoms with van der Waals surface area (Å²) >= 11 is 0. The van der Waals surface area contributed by atoms with E-state index in [1.165, 1.54) is 6.39 Å². The summed E-state index contributed by atoms with van der Waals surface area (Å²) < 4.78 is 15.7. The Balaban J connectivity index is 1.60. The van der Waals surface area contributed by atoms with Crippen molar-refractivity contribution in [3.8, 4) is 11.5 Å². The van der Waals surface area contributed by atoms with Crippen LogP contribution in [-0.2, 0) is 0 Å². The summed E-state index contributed by atoms with van der Waals surface area (Å²) in [6.45, 7) is 0.204. The Labute approximate surface area is 119 Å². The lowest BCUT2D eigenvalue weighted by Gasteiger charge is -2.06. The normalized spacial score (nSPS) is 12.6. The van der Waals surface area contributed by atoms with Crippen LogP contribution < -0.4 is 14.8 Å². The number of hydrogen-bond donors (Lipinski definition) is 1. The zero-order valence-corrected chi connectivity index (χ0v) is 10.8. The van der Waals surface area contributed by atoms with Crippen molar-refractivity contribution < 1.29 is 18.7 Å². The minimum atomic E-state index is -0.223. The molecule has 3 aromatic rings. The molecule has 4 rings (SSSR count). The topological polar surface area (TPSA) is 73.6 Å². The molecule has 0 atom stereocenters. The van der Waals surface area contributed by atoms with Crippen LogP contribution in [0.3, 0.4) is 0 Å². The highest BCUT2D eigenvalue weighted by atomic mass is 16.7. The lowest BCUT2D eigenvalue weighted by atomic mass is 10.2. The molecule has 6 nitrogen and oxygen atoms in total. The molecule has 0 spiro atoms. The van der Waals surface area contributed by atoms with Crippen molar-refractivity contribution in [2.75, 3.05) is 12.1 Å². The van der Waals surface area contributed by atoms with Crippen LogP contribution >= 0.6 is 0 Å². The predicted octanol–water partition coefficient (Wildman–Crippen LogP) is 2.81. The van der Waals surface area contributed by atoms with Crippen LogP contribution in [0.2, 0.25) is 0 Å². The molecule has 1 aliphatic rings. The Kier molecular flexibility index (Phi) is 2.53. The van der Waals surface area contributed by atoms with Crippen LogP contribution in [0.5, 0.6) is 11.5 Å². The van der Waals surface area contributed by atoms with E-state index in [9.17, 15) is 4.79 Å². The van der Waals surface area contributed by atoms with E-state index in [4.69, 9.17) is 13.9 Å². The van der Waals surface area contributed by atoms with Crippen LogP contribution in [0.1, 0.15) is 10.4 Å². The first-order valence-electron chi connectivity index (χ1n) is 6.34. The lowest BCUT2D eigenvalue weighted by Crippen LogP contribution is -2.11. The first kappa shape index (κ1) is 11.8. The first-order valence-corrected chi connectivity index (χ1v) is 6.34. The first-order chi connectivity index (χ1) is 10.3. The van der Waals surface area contributed by atoms with Crippen molar-refractivity contribution in [3.63, 3.8) is 0 Å². The molecule has 6 heteroatoms. The number of amides is 1. The molecule has 2 aromatic carbocycles. The van der Waals surface area contributed by atoms with Crippen LogP contribution in [0.15, 0.2) is 47.2 Å². The van der Waals surface area contributed by atoms with Crippen molar-refractivity contribution >= 4 is 22.7 Å². The minimum Gasteiger partial charge on any atom is -0.454 e. The van der Waals surface area contributed by atoms with Gasteiger partial charge in [-0.3, -0.25) is 4.79 Å². The van der Waals surface area contributed by atoms with Crippen molar-refractivity contribution in [2.24, 2.45) is 0 Å². The largest absolute Gasteiger partial charge is 0.454 e. The number of benzene rings is 2. The summed E-state index contributed by atoms with van der Waals surface area (Å²) in [6, 6.07) is 10.3. The number of rotatable bonds is 2. The van der Waals surface area contributed by atoms with Gasteiger partial charge in [-0.25, -0.2) is 4.98 Å². The molecule has 1 aliphatic heterocycles. The van der Waals surface area contributed by atoms with Gasteiger partial charge in [0.1, 0.15) is 5.52 Å². The Morgan fingerprint density at radius 2 is 2.00 bits per heavy atom. The van der Waals surface area contributed by atoms with Crippen molar-refractivity contribution in [1.82, 2.24) is 4.98 Å². The lowest BCUT2D eigenvalue weighted by molar-refractivity contribution is 0.102. The number of hydrogen-bond acceptors (Lipinski definition) is 5. The standard InChI is InChI=1S/C15H10N2O4/c18-15(9-1-3-12-11(5-9)16-7-19-12)17-10-2-4-13-14(6-10)21-8-20-13/h1-7H,8H2,(H,17,18). The summed E-state index contributed by atoms with van der Waals surface area (Å²) in [5.41, 5.74) is 2.45. The van der Waals surface area contributed by atoms with E-state index < -0.39 is 0 Å². The van der Waals surface area contributed by atoms with Crippen LogP contribution in [0, 0.1) is 0 Å². The number of fused-ring (bicyclic) bond motifs is 2. The third kappa shape index (κ3) is 2.06. The third-order valence-corrected chi connectivity index (χ3v) is 3.22. The van der Waals surface area contributed by atoms with Gasteiger partial charge in [-0.1, -0.05) is 0 Å². The summed E-state index contributed by atoms with van der Waals surface area (Å²) in [5.74, 6) is 1.08. The maximum Gasteiger partial charge on any atom is 0.255 e. The van der Waals surface area contributed by atoms with Gasteiger partial charge in [0, 0.05) is 17.3 Å².